The van der Waals surface area contributed by atoms with Gasteiger partial charge in [0, 0.05) is 30.9 Å². The van der Waals surface area contributed by atoms with E-state index in [9.17, 15) is 4.79 Å². The Morgan fingerprint density at radius 1 is 1.25 bits per heavy atom. The molecule has 2 N–H and O–H groups in total. The van der Waals surface area contributed by atoms with Crippen molar-refractivity contribution in [3.8, 4) is 0 Å². The van der Waals surface area contributed by atoms with Gasteiger partial charge in [0.2, 0.25) is 5.91 Å². The third-order valence-corrected chi connectivity index (χ3v) is 4.25. The SMILES string of the molecule is O=C1CCCN1c1ccc(NCC2CCCNC2)cc1. The molecule has 20 heavy (non-hydrogen) atoms. The second-order valence-electron chi connectivity index (χ2n) is 5.79. The second-order valence-corrected chi connectivity index (χ2v) is 5.79. The fourth-order valence-electron chi connectivity index (χ4n) is 3.04. The predicted octanol–water partition coefficient (Wildman–Crippen LogP) is 2.22. The molecule has 2 heterocycles. The van der Waals surface area contributed by atoms with Crippen molar-refractivity contribution in [3.63, 3.8) is 0 Å². The van der Waals surface area contributed by atoms with Crippen molar-refractivity contribution in [2.45, 2.75) is 25.7 Å². The number of nitrogens with one attached hydrogen (secondary N) is 2. The molecule has 0 aromatic heterocycles. The lowest BCUT2D eigenvalue weighted by molar-refractivity contribution is -0.117. The maximum atomic E-state index is 11.7. The molecule has 2 saturated heterocycles. The van der Waals surface area contributed by atoms with E-state index in [-0.39, 0.29) is 5.91 Å². The van der Waals surface area contributed by atoms with Crippen LogP contribution in [0.5, 0.6) is 0 Å². The largest absolute Gasteiger partial charge is 0.385 e. The molecule has 0 saturated carbocycles. The number of carbonyl (C=O) groups is 1. The highest BCUT2D eigenvalue weighted by Crippen LogP contribution is 2.23. The molecular formula is C16H23N3O. The van der Waals surface area contributed by atoms with Crippen LogP contribution in [0.2, 0.25) is 0 Å². The minimum Gasteiger partial charge on any atom is -0.385 e. The highest BCUT2D eigenvalue weighted by molar-refractivity contribution is 5.95. The minimum absolute atomic E-state index is 0.249. The average Bonchev–Trinajstić information content (AvgIpc) is 2.93. The zero-order valence-corrected chi connectivity index (χ0v) is 11.9. The van der Waals surface area contributed by atoms with Crippen LogP contribution in [-0.4, -0.2) is 32.1 Å². The Morgan fingerprint density at radius 3 is 2.75 bits per heavy atom. The van der Waals surface area contributed by atoms with Crippen LogP contribution < -0.4 is 15.5 Å². The van der Waals surface area contributed by atoms with Crippen molar-refractivity contribution >= 4 is 17.3 Å². The van der Waals surface area contributed by atoms with Crippen LogP contribution in [0.15, 0.2) is 24.3 Å². The zero-order valence-electron chi connectivity index (χ0n) is 11.9. The molecule has 1 aromatic carbocycles. The van der Waals surface area contributed by atoms with E-state index in [1.54, 1.807) is 0 Å². The minimum atomic E-state index is 0.249. The summed E-state index contributed by atoms with van der Waals surface area (Å²) in [5.41, 5.74) is 2.17. The fraction of sp³-hybridized carbons (Fsp3) is 0.562. The van der Waals surface area contributed by atoms with Gasteiger partial charge in [-0.1, -0.05) is 0 Å². The van der Waals surface area contributed by atoms with E-state index in [0.29, 0.717) is 6.42 Å². The van der Waals surface area contributed by atoms with Gasteiger partial charge in [0.05, 0.1) is 0 Å². The molecule has 2 aliphatic rings. The summed E-state index contributed by atoms with van der Waals surface area (Å²) < 4.78 is 0. The molecule has 0 bridgehead atoms. The monoisotopic (exact) mass is 273 g/mol. The summed E-state index contributed by atoms with van der Waals surface area (Å²) in [4.78, 5) is 13.6. The van der Waals surface area contributed by atoms with Gasteiger partial charge >= 0.3 is 0 Å². The number of benzene rings is 1. The Morgan fingerprint density at radius 2 is 2.10 bits per heavy atom. The number of carbonyl (C=O) groups excluding carboxylic acids is 1. The van der Waals surface area contributed by atoms with E-state index in [0.717, 1.165) is 49.9 Å². The van der Waals surface area contributed by atoms with E-state index in [4.69, 9.17) is 0 Å². The smallest absolute Gasteiger partial charge is 0.227 e. The summed E-state index contributed by atoms with van der Waals surface area (Å²) >= 11 is 0. The van der Waals surface area contributed by atoms with Crippen LogP contribution in [0.1, 0.15) is 25.7 Å². The quantitative estimate of drug-likeness (QED) is 0.884. The van der Waals surface area contributed by atoms with Crippen LogP contribution in [0, 0.1) is 5.92 Å². The van der Waals surface area contributed by atoms with Gasteiger partial charge in [-0.05, 0) is 62.5 Å². The molecule has 0 radical (unpaired) electrons. The number of hydrogen-bond donors (Lipinski definition) is 2. The topological polar surface area (TPSA) is 44.4 Å². The van der Waals surface area contributed by atoms with Gasteiger partial charge in [-0.3, -0.25) is 4.79 Å². The van der Waals surface area contributed by atoms with E-state index < -0.39 is 0 Å². The Hall–Kier alpha value is -1.55. The van der Waals surface area contributed by atoms with Gasteiger partial charge in [-0.25, -0.2) is 0 Å². The normalized spacial score (nSPS) is 23.1. The molecule has 1 unspecified atom stereocenters. The molecule has 2 fully saturated rings. The van der Waals surface area contributed by atoms with Crippen molar-refractivity contribution in [3.05, 3.63) is 24.3 Å². The van der Waals surface area contributed by atoms with Crippen molar-refractivity contribution in [2.75, 3.05) is 36.4 Å². The third-order valence-electron chi connectivity index (χ3n) is 4.25. The maximum absolute atomic E-state index is 11.7. The molecule has 1 atom stereocenters. The third kappa shape index (κ3) is 3.12. The molecule has 0 spiro atoms. The van der Waals surface area contributed by atoms with Gasteiger partial charge in [0.1, 0.15) is 0 Å². The first kappa shape index (κ1) is 13.4. The van der Waals surface area contributed by atoms with Gasteiger partial charge in [0.25, 0.3) is 0 Å². The molecule has 2 aliphatic heterocycles. The van der Waals surface area contributed by atoms with E-state index in [1.165, 1.54) is 12.8 Å². The van der Waals surface area contributed by atoms with Crippen molar-refractivity contribution in [1.29, 1.82) is 0 Å². The number of rotatable bonds is 4. The Labute approximate surface area is 120 Å². The summed E-state index contributed by atoms with van der Waals surface area (Å²) in [7, 11) is 0. The average molecular weight is 273 g/mol. The number of amides is 1. The molecule has 108 valence electrons. The van der Waals surface area contributed by atoms with Crippen LogP contribution in [0.3, 0.4) is 0 Å². The van der Waals surface area contributed by atoms with Gasteiger partial charge in [0.15, 0.2) is 0 Å². The van der Waals surface area contributed by atoms with Crippen LogP contribution in [0.4, 0.5) is 11.4 Å². The second kappa shape index (κ2) is 6.27. The highest BCUT2D eigenvalue weighted by atomic mass is 16.2. The summed E-state index contributed by atoms with van der Waals surface area (Å²) in [6, 6.07) is 8.25. The van der Waals surface area contributed by atoms with Gasteiger partial charge in [-0.2, -0.15) is 0 Å². The van der Waals surface area contributed by atoms with Crippen molar-refractivity contribution in [1.82, 2.24) is 5.32 Å². The summed E-state index contributed by atoms with van der Waals surface area (Å²) in [6.07, 6.45) is 4.25. The lowest BCUT2D eigenvalue weighted by Crippen LogP contribution is -2.33. The molecular weight excluding hydrogens is 250 g/mol. The lowest BCUT2D eigenvalue weighted by atomic mass is 10.00. The number of hydrogen-bond acceptors (Lipinski definition) is 3. The maximum Gasteiger partial charge on any atom is 0.227 e. The standard InChI is InChI=1S/C16H23N3O/c20-16-4-2-10-19(16)15-7-5-14(6-8-15)18-12-13-3-1-9-17-11-13/h5-8,13,17-18H,1-4,9-12H2. The molecule has 1 amide bonds. The van der Waals surface area contributed by atoms with Crippen LogP contribution >= 0.6 is 0 Å². The first-order valence-electron chi connectivity index (χ1n) is 7.68. The zero-order chi connectivity index (χ0) is 13.8. The summed E-state index contributed by atoms with van der Waals surface area (Å²) in [6.45, 7) is 4.16. The highest BCUT2D eigenvalue weighted by Gasteiger charge is 2.21. The van der Waals surface area contributed by atoms with E-state index in [2.05, 4.69) is 22.8 Å². The molecule has 4 heteroatoms. The molecule has 1 aromatic rings. The lowest BCUT2D eigenvalue weighted by Gasteiger charge is -2.23. The Balaban J connectivity index is 1.54. The Bertz CT molecular complexity index is 451. The van der Waals surface area contributed by atoms with E-state index >= 15 is 0 Å². The first-order valence-corrected chi connectivity index (χ1v) is 7.68. The summed E-state index contributed by atoms with van der Waals surface area (Å²) in [5, 5.41) is 6.94. The van der Waals surface area contributed by atoms with Crippen molar-refractivity contribution < 1.29 is 4.79 Å². The summed E-state index contributed by atoms with van der Waals surface area (Å²) in [5.74, 6) is 0.975. The number of anilines is 2. The van der Waals surface area contributed by atoms with E-state index in [1.807, 2.05) is 17.0 Å². The van der Waals surface area contributed by atoms with Crippen molar-refractivity contribution in [2.24, 2.45) is 5.92 Å². The van der Waals surface area contributed by atoms with Gasteiger partial charge in [-0.15, -0.1) is 0 Å². The molecule has 0 aliphatic carbocycles. The molecule has 4 nitrogen and oxygen atoms in total. The van der Waals surface area contributed by atoms with Crippen LogP contribution in [-0.2, 0) is 4.79 Å². The Kier molecular flexibility index (Phi) is 4.21. The molecule has 3 rings (SSSR count). The predicted molar refractivity (Wildman–Crippen MR) is 82.1 cm³/mol. The van der Waals surface area contributed by atoms with Gasteiger partial charge < -0.3 is 15.5 Å². The van der Waals surface area contributed by atoms with Crippen LogP contribution in [0.25, 0.3) is 0 Å². The first-order chi connectivity index (χ1) is 9.83. The number of piperidine rings is 1. The number of nitrogens with zero attached hydrogens (tertiary/aromatic N) is 1. The fourth-order valence-corrected chi connectivity index (χ4v) is 3.04.